The molecule has 2 aromatic carbocycles. The number of nitro groups is 1. The maximum absolute atomic E-state index is 11.0. The van der Waals surface area contributed by atoms with E-state index in [1.54, 1.807) is 0 Å². The molecule has 0 aromatic heterocycles. The maximum Gasteiger partial charge on any atom is 0.320 e. The van der Waals surface area contributed by atoms with Gasteiger partial charge in [-0.2, -0.15) is 0 Å². The fourth-order valence-corrected chi connectivity index (χ4v) is 2.41. The number of benzene rings is 2. The van der Waals surface area contributed by atoms with E-state index in [9.17, 15) is 14.9 Å². The summed E-state index contributed by atoms with van der Waals surface area (Å²) in [5.74, 6) is -0.287. The lowest BCUT2D eigenvalue weighted by Gasteiger charge is -2.19. The van der Waals surface area contributed by atoms with Crippen LogP contribution in [0.1, 0.15) is 31.9 Å². The smallest absolute Gasteiger partial charge is 0.320 e. The Bertz CT molecular complexity index is 810. The van der Waals surface area contributed by atoms with E-state index in [1.807, 2.05) is 24.3 Å². The first-order valence-electron chi connectivity index (χ1n) is 8.12. The van der Waals surface area contributed by atoms with Gasteiger partial charge in [0.2, 0.25) is 0 Å². The Morgan fingerprint density at radius 3 is 2.35 bits per heavy atom. The average molecular weight is 358 g/mol. The fraction of sp³-hybridized carbons (Fsp3) is 0.316. The topological polar surface area (TPSA) is 116 Å². The van der Waals surface area contributed by atoms with Crippen LogP contribution < -0.4 is 10.5 Å². The Balaban J connectivity index is 2.32. The number of hydrogen-bond acceptors (Lipinski definition) is 5. The van der Waals surface area contributed by atoms with Gasteiger partial charge in [0, 0.05) is 24.1 Å². The van der Waals surface area contributed by atoms with Crippen molar-refractivity contribution in [3.05, 3.63) is 63.7 Å². The third-order valence-electron chi connectivity index (χ3n) is 3.96. The van der Waals surface area contributed by atoms with Gasteiger partial charge in [-0.15, -0.1) is 0 Å². The highest BCUT2D eigenvalue weighted by Crippen LogP contribution is 2.31. The van der Waals surface area contributed by atoms with Gasteiger partial charge in [0.05, 0.1) is 4.92 Å². The molecule has 3 N–H and O–H groups in total. The number of nitrogens with two attached hydrogens (primary N) is 1. The Hall–Kier alpha value is -2.93. The predicted octanol–water partition coefficient (Wildman–Crippen LogP) is 3.64. The van der Waals surface area contributed by atoms with Gasteiger partial charge in [-0.1, -0.05) is 32.9 Å². The number of carboxylic acid groups (broad SMARTS) is 1. The van der Waals surface area contributed by atoms with Gasteiger partial charge < -0.3 is 15.6 Å². The number of non-ortho nitro benzene ring substituents is 1. The number of ether oxygens (including phenoxy) is 1. The summed E-state index contributed by atoms with van der Waals surface area (Å²) in [7, 11) is 0. The number of nitro benzene ring substituents is 1. The van der Waals surface area contributed by atoms with Gasteiger partial charge in [-0.3, -0.25) is 14.9 Å². The molecule has 26 heavy (non-hydrogen) atoms. The minimum absolute atomic E-state index is 0.00527. The summed E-state index contributed by atoms with van der Waals surface area (Å²) in [4.78, 5) is 21.5. The van der Waals surface area contributed by atoms with Crippen LogP contribution in [-0.4, -0.2) is 22.0 Å². The number of carbonyl (C=O) groups is 1. The van der Waals surface area contributed by atoms with Gasteiger partial charge in [0.1, 0.15) is 17.5 Å². The van der Waals surface area contributed by atoms with Crippen molar-refractivity contribution in [2.24, 2.45) is 5.73 Å². The second kappa shape index (κ2) is 7.53. The largest absolute Gasteiger partial charge is 0.480 e. The van der Waals surface area contributed by atoms with E-state index in [0.29, 0.717) is 17.1 Å². The molecular formula is C19H22N2O5. The Morgan fingerprint density at radius 1 is 1.23 bits per heavy atom. The van der Waals surface area contributed by atoms with Crippen molar-refractivity contribution >= 4 is 11.7 Å². The quantitative estimate of drug-likeness (QED) is 0.601. The lowest BCUT2D eigenvalue weighted by atomic mass is 9.87. The van der Waals surface area contributed by atoms with Crippen LogP contribution in [-0.2, 0) is 16.6 Å². The summed E-state index contributed by atoms with van der Waals surface area (Å²) >= 11 is 0. The summed E-state index contributed by atoms with van der Waals surface area (Å²) in [6.45, 7) is 6.31. The highest BCUT2D eigenvalue weighted by Gasteiger charge is 2.19. The van der Waals surface area contributed by atoms with E-state index < -0.39 is 16.9 Å². The van der Waals surface area contributed by atoms with E-state index in [0.717, 1.165) is 5.56 Å². The van der Waals surface area contributed by atoms with Crippen molar-refractivity contribution < 1.29 is 19.6 Å². The van der Waals surface area contributed by atoms with Crippen LogP contribution in [0.4, 0.5) is 5.69 Å². The first kappa shape index (κ1) is 19.4. The summed E-state index contributed by atoms with van der Waals surface area (Å²) < 4.78 is 5.82. The number of nitrogens with zero attached hydrogens (tertiary/aromatic N) is 1. The van der Waals surface area contributed by atoms with Gasteiger partial charge in [-0.25, -0.2) is 0 Å². The van der Waals surface area contributed by atoms with Crippen LogP contribution in [0.2, 0.25) is 0 Å². The molecule has 1 atom stereocenters. The second-order valence-corrected chi connectivity index (χ2v) is 7.07. The molecule has 1 unspecified atom stereocenters. The van der Waals surface area contributed by atoms with Gasteiger partial charge >= 0.3 is 5.97 Å². The highest BCUT2D eigenvalue weighted by atomic mass is 16.6. The minimum Gasteiger partial charge on any atom is -0.480 e. The number of hydrogen-bond donors (Lipinski definition) is 2. The molecule has 0 radical (unpaired) electrons. The Labute approximate surface area is 151 Å². The van der Waals surface area contributed by atoms with Crippen LogP contribution in [0.5, 0.6) is 11.5 Å². The molecule has 0 aliphatic rings. The van der Waals surface area contributed by atoms with Crippen molar-refractivity contribution in [2.75, 3.05) is 0 Å². The fourth-order valence-electron chi connectivity index (χ4n) is 2.41. The molecular weight excluding hydrogens is 336 g/mol. The number of aliphatic carboxylic acids is 1. The third kappa shape index (κ3) is 4.80. The lowest BCUT2D eigenvalue weighted by molar-refractivity contribution is -0.384. The normalized spacial score (nSPS) is 12.5. The Morgan fingerprint density at radius 2 is 1.85 bits per heavy atom. The Kier molecular flexibility index (Phi) is 5.62. The van der Waals surface area contributed by atoms with E-state index in [-0.39, 0.29) is 17.5 Å². The van der Waals surface area contributed by atoms with E-state index in [4.69, 9.17) is 15.6 Å². The molecule has 0 amide bonds. The minimum atomic E-state index is -1.18. The maximum atomic E-state index is 11.0. The van der Waals surface area contributed by atoms with Crippen molar-refractivity contribution in [1.29, 1.82) is 0 Å². The predicted molar refractivity (Wildman–Crippen MR) is 97.6 cm³/mol. The molecule has 2 rings (SSSR count). The van der Waals surface area contributed by atoms with Crippen molar-refractivity contribution in [3.8, 4) is 11.5 Å². The van der Waals surface area contributed by atoms with Crippen LogP contribution in [0.15, 0.2) is 42.5 Å². The zero-order valence-electron chi connectivity index (χ0n) is 14.9. The van der Waals surface area contributed by atoms with E-state index in [1.165, 1.54) is 18.2 Å². The molecule has 138 valence electrons. The monoisotopic (exact) mass is 358 g/mol. The molecule has 0 fully saturated rings. The summed E-state index contributed by atoms with van der Waals surface area (Å²) in [6, 6.07) is 10.4. The molecule has 0 spiro atoms. The van der Waals surface area contributed by atoms with E-state index >= 15 is 0 Å². The zero-order chi connectivity index (χ0) is 19.5. The zero-order valence-corrected chi connectivity index (χ0v) is 14.9. The average Bonchev–Trinajstić information content (AvgIpc) is 2.55. The molecule has 0 saturated carbocycles. The van der Waals surface area contributed by atoms with Crippen LogP contribution in [0.25, 0.3) is 0 Å². The molecule has 0 bridgehead atoms. The van der Waals surface area contributed by atoms with Crippen molar-refractivity contribution in [1.82, 2.24) is 0 Å². The van der Waals surface area contributed by atoms with E-state index in [2.05, 4.69) is 20.8 Å². The number of rotatable bonds is 6. The summed E-state index contributed by atoms with van der Waals surface area (Å²) in [6.07, 6.45) is -0.0770. The molecule has 0 saturated heterocycles. The first-order chi connectivity index (χ1) is 12.1. The standard InChI is InChI=1S/C19H22N2O5/c1-19(2,3)13-4-7-15(8-5-13)26-17-9-6-14(21(24)25)10-12(17)11-16(20)18(22)23/h4-10,16H,11,20H2,1-3H3,(H,22,23). The van der Waals surface area contributed by atoms with Gasteiger partial charge in [-0.05, 0) is 29.2 Å². The molecule has 0 heterocycles. The molecule has 0 aliphatic carbocycles. The van der Waals surface area contributed by atoms with Crippen LogP contribution >= 0.6 is 0 Å². The molecule has 7 heteroatoms. The van der Waals surface area contributed by atoms with Crippen LogP contribution in [0, 0.1) is 10.1 Å². The third-order valence-corrected chi connectivity index (χ3v) is 3.96. The molecule has 2 aromatic rings. The van der Waals surface area contributed by atoms with Gasteiger partial charge in [0.15, 0.2) is 0 Å². The summed E-state index contributed by atoms with van der Waals surface area (Å²) in [5.41, 5.74) is 6.95. The first-order valence-corrected chi connectivity index (χ1v) is 8.12. The summed E-state index contributed by atoms with van der Waals surface area (Å²) in [5, 5.41) is 20.0. The molecule has 7 nitrogen and oxygen atoms in total. The SMILES string of the molecule is CC(C)(C)c1ccc(Oc2ccc([N+](=O)[O-])cc2CC(N)C(=O)O)cc1. The van der Waals surface area contributed by atoms with Gasteiger partial charge in [0.25, 0.3) is 5.69 Å². The lowest BCUT2D eigenvalue weighted by Crippen LogP contribution is -2.32. The highest BCUT2D eigenvalue weighted by molar-refractivity contribution is 5.73. The van der Waals surface area contributed by atoms with Crippen molar-refractivity contribution in [2.45, 2.75) is 38.6 Å². The van der Waals surface area contributed by atoms with Crippen molar-refractivity contribution in [3.63, 3.8) is 0 Å². The van der Waals surface area contributed by atoms with Crippen LogP contribution in [0.3, 0.4) is 0 Å². The molecule has 0 aliphatic heterocycles. The second-order valence-electron chi connectivity index (χ2n) is 7.07. The number of carboxylic acids is 1.